The predicted molar refractivity (Wildman–Crippen MR) is 46.8 cm³/mol. The zero-order valence-electron chi connectivity index (χ0n) is 8.06. The summed E-state index contributed by atoms with van der Waals surface area (Å²) in [5, 5.41) is 8.74. The summed E-state index contributed by atoms with van der Waals surface area (Å²) in [6.45, 7) is -0.181. The molecule has 14 heavy (non-hydrogen) atoms. The van der Waals surface area contributed by atoms with Gasteiger partial charge in [-0.1, -0.05) is 0 Å². The van der Waals surface area contributed by atoms with Crippen LogP contribution in [0.5, 0.6) is 0 Å². The number of carbonyl (C=O) groups excluding carboxylic acids is 2. The van der Waals surface area contributed by atoms with Crippen LogP contribution in [0.25, 0.3) is 0 Å². The largest absolute Gasteiger partial charge is 0.465 e. The molecule has 0 bridgehead atoms. The van der Waals surface area contributed by atoms with Crippen molar-refractivity contribution in [2.24, 2.45) is 0 Å². The van der Waals surface area contributed by atoms with Crippen LogP contribution in [0.1, 0.15) is 6.42 Å². The van der Waals surface area contributed by atoms with E-state index in [1.54, 1.807) is 0 Å². The van der Waals surface area contributed by atoms with Crippen molar-refractivity contribution >= 4 is 17.8 Å². The number of Topliss-reactive ketones (excluding diaryl/α,β-unsaturated/α-hetero) is 1. The summed E-state index contributed by atoms with van der Waals surface area (Å²) in [5.41, 5.74) is 0. The average molecular weight is 200 g/mol. The quantitative estimate of drug-likeness (QED) is 0.612. The number of rotatable bonds is 1. The van der Waals surface area contributed by atoms with Crippen molar-refractivity contribution in [3.63, 3.8) is 0 Å². The second-order valence-electron chi connectivity index (χ2n) is 3.40. The Bertz CT molecular complexity index is 287. The van der Waals surface area contributed by atoms with Gasteiger partial charge in [0.15, 0.2) is 5.78 Å². The number of likely N-dealkylation sites (N-methyl/N-ethyl adjacent to an activating group) is 1. The predicted octanol–water partition coefficient (Wildman–Crippen LogP) is -0.604. The van der Waals surface area contributed by atoms with Crippen LogP contribution < -0.4 is 0 Å². The molecule has 0 unspecified atom stereocenters. The Morgan fingerprint density at radius 3 is 2.50 bits per heavy atom. The molecule has 0 aromatic carbocycles. The highest BCUT2D eigenvalue weighted by Gasteiger charge is 2.39. The van der Waals surface area contributed by atoms with E-state index in [-0.39, 0.29) is 24.7 Å². The molecule has 1 N–H and O–H groups in total. The Morgan fingerprint density at radius 2 is 2.07 bits per heavy atom. The molecule has 1 atom stereocenters. The van der Waals surface area contributed by atoms with E-state index in [1.165, 1.54) is 19.0 Å². The van der Waals surface area contributed by atoms with Crippen LogP contribution in [-0.4, -0.2) is 59.4 Å². The summed E-state index contributed by atoms with van der Waals surface area (Å²) in [7, 11) is 3.07. The number of hydrogen-bond acceptors (Lipinski definition) is 3. The fraction of sp³-hybridized carbons (Fsp3) is 0.625. The van der Waals surface area contributed by atoms with Crippen molar-refractivity contribution < 1.29 is 19.5 Å². The normalized spacial score (nSPS) is 21.1. The first-order valence-corrected chi connectivity index (χ1v) is 4.16. The van der Waals surface area contributed by atoms with E-state index >= 15 is 0 Å². The van der Waals surface area contributed by atoms with Gasteiger partial charge in [-0.25, -0.2) is 4.79 Å². The van der Waals surface area contributed by atoms with Gasteiger partial charge in [0.2, 0.25) is 5.91 Å². The summed E-state index contributed by atoms with van der Waals surface area (Å²) in [6, 6.07) is -0.838. The molecule has 0 radical (unpaired) electrons. The van der Waals surface area contributed by atoms with Gasteiger partial charge in [0.25, 0.3) is 0 Å². The number of likely N-dealkylation sites (tertiary alicyclic amines) is 1. The SMILES string of the molecule is CN(C)C(=O)[C@H]1CC(=O)CN1C(=O)O. The van der Waals surface area contributed by atoms with Crippen molar-refractivity contribution in [2.75, 3.05) is 20.6 Å². The van der Waals surface area contributed by atoms with Gasteiger partial charge >= 0.3 is 6.09 Å². The smallest absolute Gasteiger partial charge is 0.408 e. The lowest BCUT2D eigenvalue weighted by molar-refractivity contribution is -0.133. The molecule has 0 aromatic rings. The molecule has 6 heteroatoms. The Morgan fingerprint density at radius 1 is 1.50 bits per heavy atom. The maximum Gasteiger partial charge on any atom is 0.408 e. The van der Waals surface area contributed by atoms with Crippen LogP contribution in [-0.2, 0) is 9.59 Å². The lowest BCUT2D eigenvalue weighted by atomic mass is 10.2. The first-order valence-electron chi connectivity index (χ1n) is 4.16. The summed E-state index contributed by atoms with van der Waals surface area (Å²) in [6.07, 6.45) is -1.24. The third kappa shape index (κ3) is 1.84. The number of nitrogens with zero attached hydrogens (tertiary/aromatic N) is 2. The molecule has 78 valence electrons. The molecule has 1 aliphatic rings. The molecule has 0 spiro atoms. The standard InChI is InChI=1S/C8H12N2O4/c1-9(2)7(12)6-3-5(11)4-10(6)8(13)14/h6H,3-4H2,1-2H3,(H,13,14)/t6-/m1/s1. The van der Waals surface area contributed by atoms with E-state index in [1.807, 2.05) is 0 Å². The summed E-state index contributed by atoms with van der Waals surface area (Å²) in [4.78, 5) is 35.4. The van der Waals surface area contributed by atoms with Crippen LogP contribution in [0.15, 0.2) is 0 Å². The monoisotopic (exact) mass is 200 g/mol. The molecule has 1 rings (SSSR count). The van der Waals surface area contributed by atoms with Crippen LogP contribution >= 0.6 is 0 Å². The van der Waals surface area contributed by atoms with E-state index in [4.69, 9.17) is 5.11 Å². The molecule has 2 amide bonds. The highest BCUT2D eigenvalue weighted by molar-refractivity contribution is 5.97. The van der Waals surface area contributed by atoms with Gasteiger partial charge in [0.05, 0.1) is 6.54 Å². The fourth-order valence-electron chi connectivity index (χ4n) is 1.41. The number of amides is 2. The fourth-order valence-corrected chi connectivity index (χ4v) is 1.41. The molecule has 1 fully saturated rings. The van der Waals surface area contributed by atoms with Crippen LogP contribution in [0.3, 0.4) is 0 Å². The molecule has 0 aliphatic carbocycles. The zero-order chi connectivity index (χ0) is 10.9. The van der Waals surface area contributed by atoms with E-state index in [2.05, 4.69) is 0 Å². The van der Waals surface area contributed by atoms with E-state index in [9.17, 15) is 14.4 Å². The zero-order valence-corrected chi connectivity index (χ0v) is 8.06. The topological polar surface area (TPSA) is 77.9 Å². The summed E-state index contributed by atoms with van der Waals surface area (Å²) < 4.78 is 0. The highest BCUT2D eigenvalue weighted by atomic mass is 16.4. The van der Waals surface area contributed by atoms with Gasteiger partial charge in [-0.3, -0.25) is 14.5 Å². The van der Waals surface area contributed by atoms with Crippen molar-refractivity contribution in [3.05, 3.63) is 0 Å². The second-order valence-corrected chi connectivity index (χ2v) is 3.40. The molecular formula is C8H12N2O4. The third-order valence-corrected chi connectivity index (χ3v) is 2.12. The van der Waals surface area contributed by atoms with Gasteiger partial charge in [0, 0.05) is 20.5 Å². The second kappa shape index (κ2) is 3.65. The first kappa shape index (κ1) is 10.5. The third-order valence-electron chi connectivity index (χ3n) is 2.12. The van der Waals surface area contributed by atoms with Gasteiger partial charge in [0.1, 0.15) is 6.04 Å². The van der Waals surface area contributed by atoms with Crippen LogP contribution in [0.2, 0.25) is 0 Å². The van der Waals surface area contributed by atoms with Crippen molar-refractivity contribution in [2.45, 2.75) is 12.5 Å². The molecule has 0 aromatic heterocycles. The van der Waals surface area contributed by atoms with Gasteiger partial charge in [-0.2, -0.15) is 0 Å². The highest BCUT2D eigenvalue weighted by Crippen LogP contribution is 2.15. The number of carboxylic acid groups (broad SMARTS) is 1. The lowest BCUT2D eigenvalue weighted by Crippen LogP contribution is -2.44. The van der Waals surface area contributed by atoms with Gasteiger partial charge < -0.3 is 10.0 Å². The maximum absolute atomic E-state index is 11.5. The average Bonchev–Trinajstić information content (AvgIpc) is 2.45. The van der Waals surface area contributed by atoms with Gasteiger partial charge in [-0.15, -0.1) is 0 Å². The lowest BCUT2D eigenvalue weighted by Gasteiger charge is -2.22. The molecule has 1 saturated heterocycles. The van der Waals surface area contributed by atoms with E-state index in [0.717, 1.165) is 4.90 Å². The van der Waals surface area contributed by atoms with Crippen molar-refractivity contribution in [3.8, 4) is 0 Å². The minimum absolute atomic E-state index is 0.0106. The Kier molecular flexibility index (Phi) is 2.73. The minimum atomic E-state index is -1.23. The number of hydrogen-bond donors (Lipinski definition) is 1. The van der Waals surface area contributed by atoms with Gasteiger partial charge in [-0.05, 0) is 0 Å². The molecule has 1 aliphatic heterocycles. The van der Waals surface area contributed by atoms with E-state index in [0.29, 0.717) is 0 Å². The molecule has 1 heterocycles. The summed E-state index contributed by atoms with van der Waals surface area (Å²) in [5.74, 6) is -0.564. The number of ketones is 1. The molecular weight excluding hydrogens is 188 g/mol. The van der Waals surface area contributed by atoms with E-state index < -0.39 is 12.1 Å². The Hall–Kier alpha value is -1.59. The van der Waals surface area contributed by atoms with Crippen molar-refractivity contribution in [1.82, 2.24) is 9.80 Å². The Balaban J connectivity index is 2.81. The maximum atomic E-state index is 11.5. The number of carbonyl (C=O) groups is 3. The summed E-state index contributed by atoms with van der Waals surface area (Å²) >= 11 is 0. The molecule has 0 saturated carbocycles. The van der Waals surface area contributed by atoms with Crippen LogP contribution in [0.4, 0.5) is 4.79 Å². The van der Waals surface area contributed by atoms with Crippen molar-refractivity contribution in [1.29, 1.82) is 0 Å². The molecule has 6 nitrogen and oxygen atoms in total. The minimum Gasteiger partial charge on any atom is -0.465 e. The first-order chi connectivity index (χ1) is 6.43. The van der Waals surface area contributed by atoms with Crippen LogP contribution in [0, 0.1) is 0 Å². The Labute approximate surface area is 81.1 Å².